The molecule has 2 aromatic carbocycles. The van der Waals surface area contributed by atoms with Gasteiger partial charge in [-0.25, -0.2) is 8.42 Å². The Morgan fingerprint density at radius 3 is 2.05 bits per heavy atom. The Morgan fingerprint density at radius 2 is 1.47 bits per heavy atom. The van der Waals surface area contributed by atoms with Crippen molar-refractivity contribution in [1.29, 1.82) is 0 Å². The maximum absolute atomic E-state index is 12.9. The summed E-state index contributed by atoms with van der Waals surface area (Å²) >= 11 is 0. The van der Waals surface area contributed by atoms with E-state index in [0.29, 0.717) is 29.4 Å². The van der Waals surface area contributed by atoms with Crippen molar-refractivity contribution in [3.8, 4) is 11.5 Å². The summed E-state index contributed by atoms with van der Waals surface area (Å²) in [6.45, 7) is 1.77. The summed E-state index contributed by atoms with van der Waals surface area (Å²) in [5.41, 5.74) is 1.75. The first-order valence-electron chi connectivity index (χ1n) is 13.7. The molecule has 2 saturated heterocycles. The van der Waals surface area contributed by atoms with Gasteiger partial charge in [0.15, 0.2) is 0 Å². The molecule has 208 valence electrons. The number of piperidine rings is 1. The van der Waals surface area contributed by atoms with Crippen molar-refractivity contribution in [2.45, 2.75) is 76.4 Å². The highest BCUT2D eigenvalue weighted by Crippen LogP contribution is 2.40. The van der Waals surface area contributed by atoms with E-state index < -0.39 is 10.0 Å². The number of nitrogens with zero attached hydrogens (tertiary/aromatic N) is 1. The van der Waals surface area contributed by atoms with Crippen LogP contribution >= 0.6 is 12.4 Å². The molecule has 7 nitrogen and oxygen atoms in total. The molecule has 2 N–H and O–H groups in total. The quantitative estimate of drug-likeness (QED) is 0.409. The molecule has 1 saturated carbocycles. The van der Waals surface area contributed by atoms with Gasteiger partial charge in [-0.3, -0.25) is 14.4 Å². The number of benzene rings is 2. The van der Waals surface area contributed by atoms with Crippen LogP contribution in [-0.4, -0.2) is 44.1 Å². The minimum absolute atomic E-state index is 0. The number of anilines is 1. The Balaban J connectivity index is 0.00000336. The number of sulfonamides is 1. The molecule has 5 rings (SSSR count). The maximum Gasteiger partial charge on any atom is 0.229 e. The van der Waals surface area contributed by atoms with Gasteiger partial charge >= 0.3 is 0 Å². The highest BCUT2D eigenvalue weighted by Gasteiger charge is 2.42. The topological polar surface area (TPSA) is 87.7 Å². The molecule has 3 aliphatic rings. The molecule has 2 bridgehead atoms. The van der Waals surface area contributed by atoms with Crippen molar-refractivity contribution in [2.75, 3.05) is 17.5 Å². The summed E-state index contributed by atoms with van der Waals surface area (Å²) in [7, 11) is -3.30. The number of fused-ring (bicyclic) bond motifs is 2. The molecule has 38 heavy (non-hydrogen) atoms. The molecule has 2 heterocycles. The number of rotatable bonds is 9. The fourth-order valence-electron chi connectivity index (χ4n) is 6.34. The fraction of sp³-hybridized carbons (Fsp3) is 0.552. The average Bonchev–Trinajstić information content (AvgIpc) is 3.10. The number of hydrogen-bond donors (Lipinski definition) is 2. The van der Waals surface area contributed by atoms with Gasteiger partial charge in [0.1, 0.15) is 11.5 Å². The average molecular weight is 562 g/mol. The number of amides is 1. The number of carbonyl (C=O) groups is 1. The van der Waals surface area contributed by atoms with Crippen molar-refractivity contribution in [3.63, 3.8) is 0 Å². The molecular formula is C29H40ClN3O4S. The normalized spacial score (nSPS) is 23.9. The van der Waals surface area contributed by atoms with Crippen LogP contribution in [0.3, 0.4) is 0 Å². The maximum atomic E-state index is 12.9. The van der Waals surface area contributed by atoms with Crippen LogP contribution < -0.4 is 14.8 Å². The van der Waals surface area contributed by atoms with E-state index in [1.165, 1.54) is 50.5 Å². The lowest BCUT2D eigenvalue weighted by Gasteiger charge is -2.38. The smallest absolute Gasteiger partial charge is 0.229 e. The minimum Gasteiger partial charge on any atom is -0.457 e. The van der Waals surface area contributed by atoms with Crippen LogP contribution in [0.25, 0.3) is 0 Å². The van der Waals surface area contributed by atoms with Gasteiger partial charge in [-0.1, -0.05) is 31.4 Å². The van der Waals surface area contributed by atoms with Gasteiger partial charge in [-0.05, 0) is 86.4 Å². The standard InChI is InChI=1S/C29H39N3O4S.ClH/c1-37(34,35)31-24-9-15-28(16-10-24)36-27-13-7-22(8-14-27)20-32-25-11-12-26(32)18-23(17-25)29(33)30-19-21-5-3-2-4-6-21;/h7-10,13-16,21,23,25-26,31H,2-6,11-12,17-20H2,1H3,(H,30,33);1H/t23-,25+,26-;. The summed E-state index contributed by atoms with van der Waals surface area (Å²) < 4.78 is 31.1. The van der Waals surface area contributed by atoms with E-state index in [2.05, 4.69) is 27.1 Å². The largest absolute Gasteiger partial charge is 0.457 e. The highest BCUT2D eigenvalue weighted by atomic mass is 35.5. The van der Waals surface area contributed by atoms with Crippen molar-refractivity contribution in [2.24, 2.45) is 11.8 Å². The Bertz CT molecular complexity index is 1150. The summed E-state index contributed by atoms with van der Waals surface area (Å²) in [4.78, 5) is 15.5. The summed E-state index contributed by atoms with van der Waals surface area (Å²) in [5.74, 6) is 2.51. The minimum atomic E-state index is -3.30. The molecule has 0 unspecified atom stereocenters. The van der Waals surface area contributed by atoms with Crippen LogP contribution in [0.15, 0.2) is 48.5 Å². The third kappa shape index (κ3) is 7.64. The van der Waals surface area contributed by atoms with E-state index in [1.54, 1.807) is 24.3 Å². The van der Waals surface area contributed by atoms with Crippen molar-refractivity contribution in [3.05, 3.63) is 54.1 Å². The van der Waals surface area contributed by atoms with Crippen LogP contribution in [0.5, 0.6) is 11.5 Å². The van der Waals surface area contributed by atoms with Gasteiger partial charge in [0.05, 0.1) is 6.26 Å². The molecule has 2 aromatic rings. The predicted molar refractivity (Wildman–Crippen MR) is 153 cm³/mol. The first-order valence-corrected chi connectivity index (χ1v) is 15.6. The van der Waals surface area contributed by atoms with Crippen molar-refractivity contribution >= 4 is 34.0 Å². The fourth-order valence-corrected chi connectivity index (χ4v) is 6.91. The second-order valence-electron chi connectivity index (χ2n) is 11.1. The second-order valence-corrected chi connectivity index (χ2v) is 12.9. The van der Waals surface area contributed by atoms with E-state index in [4.69, 9.17) is 4.74 Å². The van der Waals surface area contributed by atoms with Gasteiger partial charge in [0.25, 0.3) is 0 Å². The third-order valence-corrected chi connectivity index (χ3v) is 8.83. The molecule has 0 radical (unpaired) electrons. The first kappa shape index (κ1) is 28.7. The molecule has 0 aromatic heterocycles. The van der Waals surface area contributed by atoms with Gasteiger partial charge in [0, 0.05) is 36.8 Å². The monoisotopic (exact) mass is 561 g/mol. The molecule has 3 atom stereocenters. The van der Waals surface area contributed by atoms with Gasteiger partial charge < -0.3 is 10.1 Å². The number of hydrogen-bond acceptors (Lipinski definition) is 5. The zero-order valence-electron chi connectivity index (χ0n) is 22.1. The lowest BCUT2D eigenvalue weighted by molar-refractivity contribution is -0.127. The predicted octanol–water partition coefficient (Wildman–Crippen LogP) is 5.71. The van der Waals surface area contributed by atoms with Gasteiger partial charge in [0.2, 0.25) is 15.9 Å². The van der Waals surface area contributed by atoms with Crippen LogP contribution in [0.4, 0.5) is 5.69 Å². The Kier molecular flexibility index (Phi) is 9.60. The second kappa shape index (κ2) is 12.7. The first-order chi connectivity index (χ1) is 17.8. The van der Waals surface area contributed by atoms with E-state index >= 15 is 0 Å². The highest BCUT2D eigenvalue weighted by molar-refractivity contribution is 7.92. The van der Waals surface area contributed by atoms with Crippen LogP contribution in [-0.2, 0) is 21.4 Å². The summed E-state index contributed by atoms with van der Waals surface area (Å²) in [6, 6.07) is 16.0. The van der Waals surface area contributed by atoms with E-state index in [9.17, 15) is 13.2 Å². The van der Waals surface area contributed by atoms with Crippen LogP contribution in [0.2, 0.25) is 0 Å². The number of carbonyl (C=O) groups excluding carboxylic acids is 1. The van der Waals surface area contributed by atoms with Crippen LogP contribution in [0, 0.1) is 11.8 Å². The summed E-state index contributed by atoms with van der Waals surface area (Å²) in [5, 5.41) is 3.29. The third-order valence-electron chi connectivity index (χ3n) is 8.23. The van der Waals surface area contributed by atoms with E-state index in [1.807, 2.05) is 12.1 Å². The Morgan fingerprint density at radius 1 is 0.895 bits per heavy atom. The van der Waals surface area contributed by atoms with E-state index in [0.717, 1.165) is 37.9 Å². The molecule has 1 aliphatic carbocycles. The molecule has 2 aliphatic heterocycles. The van der Waals surface area contributed by atoms with Gasteiger partial charge in [-0.15, -0.1) is 12.4 Å². The zero-order valence-corrected chi connectivity index (χ0v) is 23.7. The van der Waals surface area contributed by atoms with E-state index in [-0.39, 0.29) is 24.2 Å². The van der Waals surface area contributed by atoms with Crippen molar-refractivity contribution < 1.29 is 17.9 Å². The summed E-state index contributed by atoms with van der Waals surface area (Å²) in [6.07, 6.45) is 11.9. The van der Waals surface area contributed by atoms with Crippen LogP contribution in [0.1, 0.15) is 63.4 Å². The number of halogens is 1. The SMILES string of the molecule is CS(=O)(=O)Nc1ccc(Oc2ccc(CN3[C@@H]4CC[C@H]3C[C@@H](C(=O)NCC3CCCCC3)C4)cc2)cc1.Cl. The molecule has 0 spiro atoms. The zero-order chi connectivity index (χ0) is 25.8. The lowest BCUT2D eigenvalue weighted by Crippen LogP contribution is -2.47. The Hall–Kier alpha value is -2.29. The van der Waals surface area contributed by atoms with Gasteiger partial charge in [-0.2, -0.15) is 0 Å². The molecule has 1 amide bonds. The van der Waals surface area contributed by atoms with Crippen molar-refractivity contribution in [1.82, 2.24) is 10.2 Å². The molecular weight excluding hydrogens is 522 g/mol. The lowest BCUT2D eigenvalue weighted by atomic mass is 9.87. The number of ether oxygens (including phenoxy) is 1. The number of nitrogens with one attached hydrogen (secondary N) is 2. The molecule has 3 fully saturated rings. The Labute approximate surface area is 233 Å². The molecule has 9 heteroatoms.